The molecule has 1 N–H and O–H groups in total. The monoisotopic (exact) mass is 287 g/mol. The molecule has 0 spiro atoms. The molecule has 0 atom stereocenters. The molecular weight excluding hydrogens is 274 g/mol. The first-order valence-corrected chi connectivity index (χ1v) is 6.67. The predicted octanol–water partition coefficient (Wildman–Crippen LogP) is 4.12. The van der Waals surface area contributed by atoms with Crippen LogP contribution in [0.3, 0.4) is 0 Å². The number of halogens is 1. The maximum Gasteiger partial charge on any atom is 0.138 e. The molecule has 20 heavy (non-hydrogen) atoms. The van der Waals surface area contributed by atoms with Crippen molar-refractivity contribution in [3.05, 3.63) is 59.2 Å². The quantitative estimate of drug-likeness (QED) is 0.786. The van der Waals surface area contributed by atoms with E-state index in [9.17, 15) is 5.11 Å². The molecule has 1 aromatic heterocycles. The van der Waals surface area contributed by atoms with Crippen molar-refractivity contribution in [1.82, 2.24) is 4.57 Å². The van der Waals surface area contributed by atoms with E-state index in [0.29, 0.717) is 17.4 Å². The number of hydrogen-bond acceptors (Lipinski definition) is 2. The van der Waals surface area contributed by atoms with Gasteiger partial charge in [0.25, 0.3) is 0 Å². The highest BCUT2D eigenvalue weighted by atomic mass is 35.5. The number of benzene rings is 2. The lowest BCUT2D eigenvalue weighted by Gasteiger charge is -2.07. The third kappa shape index (κ3) is 2.32. The topological polar surface area (TPSA) is 34.4 Å². The summed E-state index contributed by atoms with van der Waals surface area (Å²) in [5, 5.41) is 11.2. The molecule has 0 aliphatic heterocycles. The number of aromatic nitrogens is 1. The lowest BCUT2D eigenvalue weighted by Crippen LogP contribution is -1.95. The highest BCUT2D eigenvalue weighted by molar-refractivity contribution is 6.32. The maximum absolute atomic E-state index is 9.62. The summed E-state index contributed by atoms with van der Waals surface area (Å²) in [5.74, 6) is 0.911. The fraction of sp³-hybridized carbons (Fsp3) is 0.125. The maximum atomic E-state index is 9.62. The van der Waals surface area contributed by atoms with Crippen molar-refractivity contribution in [2.45, 2.75) is 6.61 Å². The molecule has 0 fully saturated rings. The first-order chi connectivity index (χ1) is 9.65. The molecule has 1 heterocycles. The second-order valence-electron chi connectivity index (χ2n) is 4.69. The van der Waals surface area contributed by atoms with Crippen LogP contribution in [0.15, 0.2) is 48.7 Å². The molecule has 0 unspecified atom stereocenters. The zero-order valence-corrected chi connectivity index (χ0v) is 11.8. The zero-order valence-electron chi connectivity index (χ0n) is 11.0. The molecule has 3 rings (SSSR count). The Balaban J connectivity index is 1.92. The van der Waals surface area contributed by atoms with E-state index in [1.807, 2.05) is 42.1 Å². The lowest BCUT2D eigenvalue weighted by molar-refractivity contribution is 0.307. The minimum absolute atomic E-state index is 0.252. The molecule has 0 saturated carbocycles. The van der Waals surface area contributed by atoms with Gasteiger partial charge < -0.3 is 14.4 Å². The summed E-state index contributed by atoms with van der Waals surface area (Å²) in [4.78, 5) is 0. The molecule has 3 nitrogen and oxygen atoms in total. The van der Waals surface area contributed by atoms with Gasteiger partial charge in [0.2, 0.25) is 0 Å². The summed E-state index contributed by atoms with van der Waals surface area (Å²) in [6.07, 6.45) is 2.00. The van der Waals surface area contributed by atoms with Crippen LogP contribution >= 0.6 is 11.6 Å². The van der Waals surface area contributed by atoms with E-state index in [4.69, 9.17) is 16.3 Å². The number of nitrogens with zero attached hydrogens (tertiary/aromatic N) is 1. The van der Waals surface area contributed by atoms with Crippen LogP contribution in [0, 0.1) is 0 Å². The van der Waals surface area contributed by atoms with E-state index in [1.165, 1.54) is 0 Å². The van der Waals surface area contributed by atoms with Crippen LogP contribution < -0.4 is 4.74 Å². The summed E-state index contributed by atoms with van der Waals surface area (Å²) < 4.78 is 7.77. The van der Waals surface area contributed by atoms with Crippen molar-refractivity contribution in [2.75, 3.05) is 0 Å². The summed E-state index contributed by atoms with van der Waals surface area (Å²) in [7, 11) is 1.97. The average Bonchev–Trinajstić information content (AvgIpc) is 2.74. The SMILES string of the molecule is Cn1cc(COc2ccccc2Cl)c2cc(O)ccc21. The number of aromatic hydroxyl groups is 1. The first-order valence-electron chi connectivity index (χ1n) is 6.29. The second kappa shape index (κ2) is 5.10. The van der Waals surface area contributed by atoms with Gasteiger partial charge in [0.15, 0.2) is 0 Å². The van der Waals surface area contributed by atoms with Gasteiger partial charge in [-0.3, -0.25) is 0 Å². The Morgan fingerprint density at radius 2 is 2.00 bits per heavy atom. The van der Waals surface area contributed by atoms with Crippen molar-refractivity contribution >= 4 is 22.5 Å². The van der Waals surface area contributed by atoms with Crippen LogP contribution in [-0.4, -0.2) is 9.67 Å². The molecule has 3 aromatic rings. The number of hydrogen-bond donors (Lipinski definition) is 1. The first kappa shape index (κ1) is 12.9. The predicted molar refractivity (Wildman–Crippen MR) is 80.4 cm³/mol. The normalized spacial score (nSPS) is 10.9. The van der Waals surface area contributed by atoms with E-state index < -0.39 is 0 Å². The molecule has 2 aromatic carbocycles. The summed E-state index contributed by atoms with van der Waals surface area (Å²) in [5.41, 5.74) is 2.07. The van der Waals surface area contributed by atoms with Crippen molar-refractivity contribution in [3.63, 3.8) is 0 Å². The fourth-order valence-electron chi connectivity index (χ4n) is 2.29. The molecule has 102 valence electrons. The van der Waals surface area contributed by atoms with Gasteiger partial charge >= 0.3 is 0 Å². The lowest BCUT2D eigenvalue weighted by atomic mass is 10.2. The number of ether oxygens (including phenoxy) is 1. The summed E-state index contributed by atoms with van der Waals surface area (Å²) >= 11 is 6.07. The van der Waals surface area contributed by atoms with E-state index in [0.717, 1.165) is 16.5 Å². The van der Waals surface area contributed by atoms with E-state index >= 15 is 0 Å². The molecule has 0 aliphatic carbocycles. The summed E-state index contributed by atoms with van der Waals surface area (Å²) in [6.45, 7) is 0.407. The van der Waals surface area contributed by atoms with Crippen molar-refractivity contribution < 1.29 is 9.84 Å². The Labute approximate surface area is 122 Å². The number of para-hydroxylation sites is 1. The minimum Gasteiger partial charge on any atom is -0.508 e. The number of phenolic OH excluding ortho intramolecular Hbond substituents is 1. The van der Waals surface area contributed by atoms with E-state index in [1.54, 1.807) is 18.2 Å². The van der Waals surface area contributed by atoms with Crippen LogP contribution in [0.25, 0.3) is 10.9 Å². The Hall–Kier alpha value is -2.13. The second-order valence-corrected chi connectivity index (χ2v) is 5.09. The van der Waals surface area contributed by atoms with E-state index in [2.05, 4.69) is 0 Å². The Kier molecular flexibility index (Phi) is 3.28. The zero-order chi connectivity index (χ0) is 14.1. The number of phenols is 1. The van der Waals surface area contributed by atoms with Crippen LogP contribution in [-0.2, 0) is 13.7 Å². The largest absolute Gasteiger partial charge is 0.508 e. The van der Waals surface area contributed by atoms with Crippen LogP contribution in [0.4, 0.5) is 0 Å². The van der Waals surface area contributed by atoms with Crippen molar-refractivity contribution in [1.29, 1.82) is 0 Å². The van der Waals surface area contributed by atoms with E-state index in [-0.39, 0.29) is 5.75 Å². The molecule has 4 heteroatoms. The van der Waals surface area contributed by atoms with Gasteiger partial charge in [0, 0.05) is 29.7 Å². The third-order valence-corrected chi connectivity index (χ3v) is 3.59. The minimum atomic E-state index is 0.252. The van der Waals surface area contributed by atoms with Gasteiger partial charge in [-0.25, -0.2) is 0 Å². The molecule has 0 aliphatic rings. The number of rotatable bonds is 3. The van der Waals surface area contributed by atoms with Gasteiger partial charge in [0.05, 0.1) is 5.02 Å². The van der Waals surface area contributed by atoms with Gasteiger partial charge in [-0.2, -0.15) is 0 Å². The van der Waals surface area contributed by atoms with Gasteiger partial charge in [-0.1, -0.05) is 23.7 Å². The van der Waals surface area contributed by atoms with Crippen LogP contribution in [0.2, 0.25) is 5.02 Å². The Morgan fingerprint density at radius 1 is 1.20 bits per heavy atom. The third-order valence-electron chi connectivity index (χ3n) is 3.28. The van der Waals surface area contributed by atoms with Crippen molar-refractivity contribution in [2.24, 2.45) is 7.05 Å². The van der Waals surface area contributed by atoms with Crippen molar-refractivity contribution in [3.8, 4) is 11.5 Å². The average molecular weight is 288 g/mol. The number of fused-ring (bicyclic) bond motifs is 1. The molecule has 0 amide bonds. The van der Waals surface area contributed by atoms with Crippen LogP contribution in [0.1, 0.15) is 5.56 Å². The van der Waals surface area contributed by atoms with Gasteiger partial charge in [0.1, 0.15) is 18.1 Å². The Morgan fingerprint density at radius 3 is 2.80 bits per heavy atom. The standard InChI is InChI=1S/C16H14ClNO2/c1-18-9-11(13-8-12(19)6-7-15(13)18)10-20-16-5-3-2-4-14(16)17/h2-9,19H,10H2,1H3. The molecule has 0 bridgehead atoms. The highest BCUT2D eigenvalue weighted by Gasteiger charge is 2.09. The smallest absolute Gasteiger partial charge is 0.138 e. The van der Waals surface area contributed by atoms with Crippen LogP contribution in [0.5, 0.6) is 11.5 Å². The Bertz CT molecular complexity index is 764. The molecule has 0 radical (unpaired) electrons. The molecular formula is C16H14ClNO2. The van der Waals surface area contributed by atoms with Gasteiger partial charge in [-0.15, -0.1) is 0 Å². The summed E-state index contributed by atoms with van der Waals surface area (Å²) in [6, 6.07) is 12.7. The highest BCUT2D eigenvalue weighted by Crippen LogP contribution is 2.28. The number of aryl methyl sites for hydroxylation is 1. The van der Waals surface area contributed by atoms with Gasteiger partial charge in [-0.05, 0) is 30.3 Å². The molecule has 0 saturated heterocycles. The fourth-order valence-corrected chi connectivity index (χ4v) is 2.48.